The summed E-state index contributed by atoms with van der Waals surface area (Å²) in [5, 5.41) is 0. The molecule has 44 heavy (non-hydrogen) atoms. The number of anilines is 1. The number of hydrogen-bond acceptors (Lipinski definition) is 4. The molecule has 1 amide bonds. The maximum absolute atomic E-state index is 14.4. The van der Waals surface area contributed by atoms with Crippen LogP contribution >= 0.6 is 0 Å². The number of carbonyl (C=O) groups excluding carboxylic acids is 1. The number of aromatic nitrogens is 2. The summed E-state index contributed by atoms with van der Waals surface area (Å²) in [5.41, 5.74) is 2.12. The fraction of sp³-hybridized carbons (Fsp3) is 0.312. The Kier molecular flexibility index (Phi) is 7.83. The molecule has 4 aromatic rings. The third-order valence-electron chi connectivity index (χ3n) is 8.44. The van der Waals surface area contributed by atoms with Gasteiger partial charge >= 0.3 is 6.18 Å². The van der Waals surface area contributed by atoms with E-state index in [1.54, 1.807) is 27.9 Å². The number of amides is 1. The Hall–Kier alpha value is -4.03. The van der Waals surface area contributed by atoms with Crippen molar-refractivity contribution in [3.05, 3.63) is 113 Å². The van der Waals surface area contributed by atoms with Crippen LogP contribution in [0.2, 0.25) is 0 Å². The fourth-order valence-electron chi connectivity index (χ4n) is 5.93. The Bertz CT molecular complexity index is 1800. The fourth-order valence-corrected chi connectivity index (χ4v) is 7.26. The molecule has 0 bridgehead atoms. The van der Waals surface area contributed by atoms with Gasteiger partial charge in [-0.05, 0) is 84.7 Å². The lowest BCUT2D eigenvalue weighted by Crippen LogP contribution is -2.34. The number of halogens is 4. The normalized spacial score (nSPS) is 19.8. The minimum absolute atomic E-state index is 0.142. The van der Waals surface area contributed by atoms with Gasteiger partial charge in [0.1, 0.15) is 16.5 Å². The molecule has 6 rings (SSSR count). The van der Waals surface area contributed by atoms with E-state index in [0.29, 0.717) is 35.5 Å². The minimum atomic E-state index is -4.44. The summed E-state index contributed by atoms with van der Waals surface area (Å²) in [4.78, 5) is 19.6. The van der Waals surface area contributed by atoms with Crippen LogP contribution in [0.1, 0.15) is 59.3 Å². The summed E-state index contributed by atoms with van der Waals surface area (Å²) in [6.45, 7) is 0.142. The molecule has 1 heterocycles. The summed E-state index contributed by atoms with van der Waals surface area (Å²) in [6, 6.07) is 15.0. The summed E-state index contributed by atoms with van der Waals surface area (Å²) < 4.78 is 84.4. The molecule has 2 aliphatic carbocycles. The molecule has 0 aliphatic heterocycles. The van der Waals surface area contributed by atoms with Crippen molar-refractivity contribution < 1.29 is 30.8 Å². The number of sulfonamides is 1. The van der Waals surface area contributed by atoms with Gasteiger partial charge < -0.3 is 9.47 Å². The first kappa shape index (κ1) is 30.0. The van der Waals surface area contributed by atoms with E-state index in [4.69, 9.17) is 0 Å². The molecule has 1 saturated carbocycles. The predicted molar refractivity (Wildman–Crippen MR) is 156 cm³/mol. The van der Waals surface area contributed by atoms with Gasteiger partial charge in [0.05, 0.1) is 12.1 Å². The third-order valence-corrected chi connectivity index (χ3v) is 9.94. The molecule has 0 radical (unpaired) electrons. The van der Waals surface area contributed by atoms with Crippen LogP contribution in [0, 0.1) is 11.7 Å². The van der Waals surface area contributed by atoms with Gasteiger partial charge in [-0.1, -0.05) is 30.3 Å². The second kappa shape index (κ2) is 11.5. The number of nitrogens with one attached hydrogen (secondary N) is 1. The highest BCUT2D eigenvalue weighted by atomic mass is 32.2. The van der Waals surface area contributed by atoms with Crippen LogP contribution in [0.25, 0.3) is 0 Å². The largest absolute Gasteiger partial charge is 0.416 e. The molecule has 0 unspecified atom stereocenters. The van der Waals surface area contributed by atoms with Crippen molar-refractivity contribution in [2.24, 2.45) is 13.0 Å². The monoisotopic (exact) mass is 626 g/mol. The highest BCUT2D eigenvalue weighted by Gasteiger charge is 2.46. The summed E-state index contributed by atoms with van der Waals surface area (Å²) in [7, 11) is -2.36. The molecule has 3 aromatic carbocycles. The second-order valence-corrected chi connectivity index (χ2v) is 13.0. The molecule has 12 heteroatoms. The van der Waals surface area contributed by atoms with Gasteiger partial charge in [0.2, 0.25) is 15.9 Å². The Morgan fingerprint density at radius 1 is 1.09 bits per heavy atom. The molecule has 230 valence electrons. The number of hydrogen-bond donors (Lipinski definition) is 1. The first-order chi connectivity index (χ1) is 20.9. The van der Waals surface area contributed by atoms with E-state index >= 15 is 0 Å². The number of rotatable bonds is 8. The van der Waals surface area contributed by atoms with Gasteiger partial charge in [0.25, 0.3) is 0 Å². The van der Waals surface area contributed by atoms with Crippen LogP contribution in [-0.2, 0) is 41.0 Å². The topological polar surface area (TPSA) is 84.3 Å². The smallest absolute Gasteiger partial charge is 0.337 e. The molecular weight excluding hydrogens is 596 g/mol. The highest BCUT2D eigenvalue weighted by molar-refractivity contribution is 7.89. The number of aryl methyl sites for hydroxylation is 2. The van der Waals surface area contributed by atoms with Crippen molar-refractivity contribution in [2.45, 2.75) is 55.3 Å². The quantitative estimate of drug-likeness (QED) is 0.234. The van der Waals surface area contributed by atoms with Gasteiger partial charge in [-0.2, -0.15) is 13.2 Å². The Morgan fingerprint density at radius 2 is 1.84 bits per heavy atom. The van der Waals surface area contributed by atoms with Crippen molar-refractivity contribution >= 4 is 21.6 Å². The first-order valence-corrected chi connectivity index (χ1v) is 15.7. The van der Waals surface area contributed by atoms with Gasteiger partial charge in [0.15, 0.2) is 0 Å². The number of alkyl halides is 3. The maximum Gasteiger partial charge on any atom is 0.416 e. The van der Waals surface area contributed by atoms with Crippen LogP contribution in [-0.4, -0.2) is 23.9 Å². The maximum atomic E-state index is 14.4. The summed E-state index contributed by atoms with van der Waals surface area (Å²) in [6.07, 6.45) is 1.39. The van der Waals surface area contributed by atoms with E-state index < -0.39 is 44.4 Å². The zero-order valence-electron chi connectivity index (χ0n) is 23.8. The van der Waals surface area contributed by atoms with Crippen molar-refractivity contribution in [2.75, 3.05) is 4.90 Å². The number of imidazole rings is 1. The number of fused-ring (bicyclic) bond motifs is 1. The number of benzene rings is 3. The highest BCUT2D eigenvalue weighted by Crippen LogP contribution is 2.49. The van der Waals surface area contributed by atoms with Gasteiger partial charge in [0, 0.05) is 37.1 Å². The predicted octanol–water partition coefficient (Wildman–Crippen LogP) is 6.27. The lowest BCUT2D eigenvalue weighted by Gasteiger charge is -2.29. The minimum Gasteiger partial charge on any atom is -0.337 e. The number of nitrogens with zero attached hydrogens (tertiary/aromatic N) is 3. The third kappa shape index (κ3) is 6.00. The van der Waals surface area contributed by atoms with E-state index in [2.05, 4.69) is 9.71 Å². The lowest BCUT2D eigenvalue weighted by atomic mass is 9.87. The molecule has 1 fully saturated rings. The van der Waals surface area contributed by atoms with Gasteiger partial charge in [-0.25, -0.2) is 22.5 Å². The second-order valence-electron chi connectivity index (χ2n) is 11.3. The molecular formula is C32H30F4N4O3S. The number of carbonyl (C=O) groups is 1. The molecule has 0 saturated heterocycles. The summed E-state index contributed by atoms with van der Waals surface area (Å²) >= 11 is 0. The van der Waals surface area contributed by atoms with Crippen molar-refractivity contribution in [3.63, 3.8) is 0 Å². The standard InChI is InChI=1S/C32H30F4N4O3S/c1-39-16-15-37-30(39)19-40(31(41)26-18-24(26)21-9-12-22(13-10-21)32(34,35)36)23-14-11-20-5-4-7-28(25(20)17-23)38-44(42,43)29-8-3-2-6-27(29)33/h2-3,6,8-17,24,26,28,38H,4-5,7,18-19H2,1H3/t24-,26-,28+/m1/s1. The van der Waals surface area contributed by atoms with E-state index in [0.717, 1.165) is 36.6 Å². The average Bonchev–Trinajstić information content (AvgIpc) is 3.69. The average molecular weight is 627 g/mol. The zero-order valence-corrected chi connectivity index (χ0v) is 24.6. The van der Waals surface area contributed by atoms with E-state index in [1.807, 2.05) is 19.2 Å². The van der Waals surface area contributed by atoms with Crippen LogP contribution in [0.15, 0.2) is 84.0 Å². The SMILES string of the molecule is Cn1ccnc1CN(C(=O)[C@@H]1C[C@@H]1c1ccc(C(F)(F)F)cc1)c1ccc2c(c1)[C@@H](NS(=O)(=O)c1ccccc1F)CCC2. The van der Waals surface area contributed by atoms with Crippen LogP contribution in [0.5, 0.6) is 0 Å². The van der Waals surface area contributed by atoms with Crippen molar-refractivity contribution in [1.29, 1.82) is 0 Å². The molecule has 7 nitrogen and oxygen atoms in total. The van der Waals surface area contributed by atoms with Gasteiger partial charge in [-0.3, -0.25) is 4.79 Å². The van der Waals surface area contributed by atoms with E-state index in [1.165, 1.54) is 30.3 Å². The van der Waals surface area contributed by atoms with E-state index in [-0.39, 0.29) is 18.4 Å². The van der Waals surface area contributed by atoms with Gasteiger partial charge in [-0.15, -0.1) is 0 Å². The first-order valence-electron chi connectivity index (χ1n) is 14.3. The lowest BCUT2D eigenvalue weighted by molar-refractivity contribution is -0.137. The zero-order chi connectivity index (χ0) is 31.2. The van der Waals surface area contributed by atoms with Crippen molar-refractivity contribution in [1.82, 2.24) is 14.3 Å². The van der Waals surface area contributed by atoms with Crippen molar-refractivity contribution in [3.8, 4) is 0 Å². The molecule has 1 N–H and O–H groups in total. The summed E-state index contributed by atoms with van der Waals surface area (Å²) in [5.74, 6) is -1.06. The molecule has 1 aromatic heterocycles. The van der Waals surface area contributed by atoms with Crippen LogP contribution in [0.4, 0.5) is 23.2 Å². The Labute approximate surface area is 252 Å². The molecule has 0 spiro atoms. The molecule has 2 aliphatic rings. The Morgan fingerprint density at radius 3 is 2.52 bits per heavy atom. The molecule has 3 atom stereocenters. The van der Waals surface area contributed by atoms with E-state index in [9.17, 15) is 30.8 Å². The van der Waals surface area contributed by atoms with Crippen LogP contribution < -0.4 is 9.62 Å². The Balaban J connectivity index is 1.30. The van der Waals surface area contributed by atoms with Crippen LogP contribution in [0.3, 0.4) is 0 Å².